The third kappa shape index (κ3) is 13.2. The molecule has 2 aliphatic heterocycles. The number of aromatic amines is 1. The Morgan fingerprint density at radius 1 is 1.00 bits per heavy atom. The Morgan fingerprint density at radius 2 is 1.65 bits per heavy atom. The molecule has 0 bridgehead atoms. The van der Waals surface area contributed by atoms with E-state index >= 15 is 0 Å². The SMILES string of the molecule is CC[C@H](C)[C@@H]1NC(=O)CNC(=O)[C@@H](CC(=O)[C@@H](NC(=O)[C@@H]2C[C@@H](O)CN2C(=O)[C@@H](N)CC(N)=O)[C@@H](C)[C@@H](O)CO)Cc2c([nH]c3ccccc23)SC[C@@H](C(=O)O)NC(=O)CNC1=O. The van der Waals surface area contributed by atoms with Gasteiger partial charge in [0.25, 0.3) is 0 Å². The molecule has 0 spiro atoms. The number of aliphatic hydroxyl groups excluding tert-OH is 3. The summed E-state index contributed by atoms with van der Waals surface area (Å²) in [6.07, 6.45) is -4.02. The fourth-order valence-electron chi connectivity index (χ4n) is 7.44. The highest BCUT2D eigenvalue weighted by Crippen LogP contribution is 2.33. The van der Waals surface area contributed by atoms with Gasteiger partial charge in [0.05, 0.1) is 55.4 Å². The quantitative estimate of drug-likeness (QED) is 0.0870. The topological polar surface area (TPSA) is 366 Å². The second-order valence-corrected chi connectivity index (χ2v) is 17.0. The molecule has 2 aromatic rings. The van der Waals surface area contributed by atoms with Crippen molar-refractivity contribution in [3.05, 3.63) is 29.8 Å². The van der Waals surface area contributed by atoms with Crippen molar-refractivity contribution in [3.8, 4) is 0 Å². The number of ketones is 1. The summed E-state index contributed by atoms with van der Waals surface area (Å²) < 4.78 is 0. The maximum atomic E-state index is 14.5. The summed E-state index contributed by atoms with van der Waals surface area (Å²) in [6.45, 7) is 2.41. The van der Waals surface area contributed by atoms with Gasteiger partial charge in [-0.2, -0.15) is 0 Å². The Hall–Kier alpha value is -5.62. The number of fused-ring (bicyclic) bond motifs is 3. The van der Waals surface area contributed by atoms with Crippen molar-refractivity contribution >= 4 is 75.8 Å². The predicted octanol–water partition coefficient (Wildman–Crippen LogP) is -3.64. The van der Waals surface area contributed by atoms with Crippen molar-refractivity contribution in [2.24, 2.45) is 29.2 Å². The number of hydrogen-bond donors (Lipinski definition) is 12. The molecule has 22 nitrogen and oxygen atoms in total. The number of carboxylic acid groups (broad SMARTS) is 1. The van der Waals surface area contributed by atoms with Gasteiger partial charge in [-0.1, -0.05) is 45.4 Å². The molecule has 0 radical (unpaired) electrons. The lowest BCUT2D eigenvalue weighted by Gasteiger charge is -2.31. The number of β-amino-alcohol motifs (C(OH)–C–C–N with tert-alkyl or cyclic N) is 1. The van der Waals surface area contributed by atoms with E-state index in [9.17, 15) is 63.6 Å². The lowest BCUT2D eigenvalue weighted by molar-refractivity contribution is -0.142. The highest BCUT2D eigenvalue weighted by Gasteiger charge is 2.43. The molecule has 14 N–H and O–H groups in total. The van der Waals surface area contributed by atoms with E-state index in [-0.39, 0.29) is 25.1 Å². The van der Waals surface area contributed by atoms with Crippen LogP contribution in [0.4, 0.5) is 0 Å². The van der Waals surface area contributed by atoms with Gasteiger partial charge in [0.15, 0.2) is 5.78 Å². The van der Waals surface area contributed by atoms with Crippen LogP contribution in [0.1, 0.15) is 52.0 Å². The van der Waals surface area contributed by atoms with Gasteiger partial charge in [-0.05, 0) is 24.0 Å². The number of carbonyl (C=O) groups is 9. The Kier molecular flexibility index (Phi) is 18.0. The van der Waals surface area contributed by atoms with Crippen LogP contribution in [-0.2, 0) is 49.6 Å². The van der Waals surface area contributed by atoms with E-state index in [1.807, 2.05) is 0 Å². The number of carboxylic acids is 1. The van der Waals surface area contributed by atoms with Crippen LogP contribution in [-0.4, -0.2) is 158 Å². The average Bonchev–Trinajstić information content (AvgIpc) is 3.81. The van der Waals surface area contributed by atoms with Gasteiger partial charge in [-0.15, -0.1) is 11.8 Å². The Bertz CT molecular complexity index is 2050. The Morgan fingerprint density at radius 3 is 2.29 bits per heavy atom. The molecule has 0 unspecified atom stereocenters. The van der Waals surface area contributed by atoms with Crippen LogP contribution in [0.2, 0.25) is 0 Å². The summed E-state index contributed by atoms with van der Waals surface area (Å²) in [6, 6.07) is -0.113. The molecule has 1 saturated heterocycles. The van der Waals surface area contributed by atoms with Gasteiger partial charge in [0.1, 0.15) is 18.1 Å². The van der Waals surface area contributed by atoms with Gasteiger partial charge in [0, 0.05) is 47.9 Å². The van der Waals surface area contributed by atoms with Crippen molar-refractivity contribution in [1.82, 2.24) is 36.5 Å². The number of primary amides is 1. The molecule has 0 saturated carbocycles. The number of Topliss-reactive ketones (excluding diaryl/α,β-unsaturated/α-hetero) is 1. The van der Waals surface area contributed by atoms with E-state index in [4.69, 9.17) is 11.5 Å². The number of nitrogens with zero attached hydrogens (tertiary/aromatic N) is 1. The van der Waals surface area contributed by atoms with Gasteiger partial charge < -0.3 is 68.4 Å². The molecule has 63 heavy (non-hydrogen) atoms. The number of amides is 7. The first-order chi connectivity index (χ1) is 29.7. The number of carbonyl (C=O) groups excluding carboxylic acids is 8. The van der Waals surface area contributed by atoms with Gasteiger partial charge in [-0.25, -0.2) is 4.79 Å². The molecular weight excluding hydrogens is 847 g/mol. The van der Waals surface area contributed by atoms with Crippen LogP contribution in [0.15, 0.2) is 29.3 Å². The highest BCUT2D eigenvalue weighted by molar-refractivity contribution is 7.99. The zero-order chi connectivity index (χ0) is 46.7. The zero-order valence-electron chi connectivity index (χ0n) is 35.1. The third-order valence-electron chi connectivity index (χ3n) is 11.3. The van der Waals surface area contributed by atoms with Gasteiger partial charge in [0.2, 0.25) is 41.4 Å². The predicted molar refractivity (Wildman–Crippen MR) is 225 cm³/mol. The second kappa shape index (κ2) is 22.6. The van der Waals surface area contributed by atoms with Gasteiger partial charge >= 0.3 is 5.97 Å². The van der Waals surface area contributed by atoms with Crippen molar-refractivity contribution < 1.29 is 63.6 Å². The molecule has 3 heterocycles. The number of para-hydroxylation sites is 1. The molecule has 1 aromatic heterocycles. The molecular formula is C40H57N9O13S. The standard InChI is InChI=1S/C40H57N9O13S/c1-4-18(2)33-37(59)44-13-31(55)45-26(40(61)62)17-63-38-23(22-7-5-6-8-25(22)46-38)9-20(35(57)43-14-32(56)47-33)10-28(52)34(19(3)29(53)16-50)48-36(58)27-11-21(51)15-49(27)39(60)24(41)12-30(42)54/h5-8,18-21,24,26-27,29,33-34,46,50-51,53H,4,9-17,41H2,1-3H3,(H2,42,54)(H,43,57)(H,44,59)(H,45,55)(H,47,56)(H,48,58)(H,61,62)/t18-,19-,20+,21+,24-,26-,27-,29-,33-,34-/m0/s1. The van der Waals surface area contributed by atoms with Crippen LogP contribution in [0.5, 0.6) is 0 Å². The lowest BCUT2D eigenvalue weighted by atomic mass is 9.85. The number of H-pyrrole nitrogens is 1. The highest BCUT2D eigenvalue weighted by atomic mass is 32.2. The third-order valence-corrected chi connectivity index (χ3v) is 12.4. The number of aliphatic carboxylic acids is 1. The van der Waals surface area contributed by atoms with Crippen molar-refractivity contribution in [3.63, 3.8) is 0 Å². The van der Waals surface area contributed by atoms with E-state index in [0.717, 1.165) is 16.7 Å². The molecule has 1 fully saturated rings. The fraction of sp³-hybridized carbons (Fsp3) is 0.575. The number of benzene rings is 1. The minimum atomic E-state index is -1.61. The maximum absolute atomic E-state index is 14.5. The summed E-state index contributed by atoms with van der Waals surface area (Å²) >= 11 is 1.01. The van der Waals surface area contributed by atoms with E-state index < -0.39 is 146 Å². The zero-order valence-corrected chi connectivity index (χ0v) is 35.9. The monoisotopic (exact) mass is 903 g/mol. The number of likely N-dealkylation sites (tertiary alicyclic amines) is 1. The largest absolute Gasteiger partial charge is 0.480 e. The van der Waals surface area contributed by atoms with Crippen LogP contribution < -0.4 is 38.1 Å². The van der Waals surface area contributed by atoms with Crippen LogP contribution in [0.3, 0.4) is 0 Å². The first-order valence-corrected chi connectivity index (χ1v) is 21.5. The Balaban J connectivity index is 1.74. The first-order valence-electron chi connectivity index (χ1n) is 20.5. The number of nitrogens with one attached hydrogen (secondary N) is 6. The van der Waals surface area contributed by atoms with E-state index in [0.29, 0.717) is 27.9 Å². The van der Waals surface area contributed by atoms with Crippen LogP contribution >= 0.6 is 11.8 Å². The molecule has 346 valence electrons. The number of hydrogen-bond acceptors (Lipinski definition) is 14. The smallest absolute Gasteiger partial charge is 0.327 e. The van der Waals surface area contributed by atoms with E-state index in [2.05, 4.69) is 31.6 Å². The van der Waals surface area contributed by atoms with Crippen molar-refractivity contribution in [1.29, 1.82) is 0 Å². The van der Waals surface area contributed by atoms with Crippen LogP contribution in [0.25, 0.3) is 10.9 Å². The number of nitrogens with two attached hydrogens (primary N) is 2. The summed E-state index contributed by atoms with van der Waals surface area (Å²) in [4.78, 5) is 123. The maximum Gasteiger partial charge on any atom is 0.327 e. The number of aromatic nitrogens is 1. The van der Waals surface area contributed by atoms with E-state index in [1.54, 1.807) is 38.1 Å². The minimum Gasteiger partial charge on any atom is -0.480 e. The van der Waals surface area contributed by atoms with Crippen molar-refractivity contribution in [2.45, 2.75) is 100 Å². The molecule has 7 amide bonds. The van der Waals surface area contributed by atoms with Crippen LogP contribution in [0, 0.1) is 17.8 Å². The minimum absolute atomic E-state index is 0.208. The summed E-state index contributed by atoms with van der Waals surface area (Å²) in [5, 5.41) is 54.5. The number of rotatable bonds is 14. The summed E-state index contributed by atoms with van der Waals surface area (Å²) in [5.74, 6) is -11.2. The van der Waals surface area contributed by atoms with E-state index in [1.165, 1.54) is 6.92 Å². The summed E-state index contributed by atoms with van der Waals surface area (Å²) in [7, 11) is 0. The molecule has 1 aromatic carbocycles. The summed E-state index contributed by atoms with van der Waals surface area (Å²) in [5.41, 5.74) is 12.1. The molecule has 2 aliphatic rings. The van der Waals surface area contributed by atoms with Gasteiger partial charge in [-0.3, -0.25) is 38.4 Å². The lowest BCUT2D eigenvalue weighted by Crippen LogP contribution is -2.57. The molecule has 0 aliphatic carbocycles. The fourth-order valence-corrected chi connectivity index (χ4v) is 8.55. The molecule has 23 heteroatoms. The normalized spacial score (nSPS) is 24.2. The molecule has 4 rings (SSSR count). The molecule has 10 atom stereocenters. The first kappa shape index (κ1) is 50.0. The number of aliphatic hydroxyl groups is 3. The van der Waals surface area contributed by atoms with Crippen molar-refractivity contribution in [2.75, 3.05) is 32.0 Å². The average molecular weight is 904 g/mol. The number of thioether (sulfide) groups is 1. The second-order valence-electron chi connectivity index (χ2n) is 16.0. The Labute approximate surface area is 366 Å².